The predicted octanol–water partition coefficient (Wildman–Crippen LogP) is 2.18. The van der Waals surface area contributed by atoms with Crippen LogP contribution in [0, 0.1) is 10.1 Å². The van der Waals surface area contributed by atoms with E-state index in [0.717, 1.165) is 0 Å². The quantitative estimate of drug-likeness (QED) is 0.595. The Morgan fingerprint density at radius 3 is 2.47 bits per heavy atom. The molecule has 0 heterocycles. The first kappa shape index (κ1) is 13.0. The number of hydrogen-bond donors (Lipinski definition) is 0. The summed E-state index contributed by atoms with van der Waals surface area (Å²) in [6, 6.07) is 5.90. The molecule has 1 aromatic rings. The summed E-state index contributed by atoms with van der Waals surface area (Å²) in [4.78, 5) is 22.7. The molecule has 0 unspecified atom stereocenters. The molecule has 0 saturated carbocycles. The lowest BCUT2D eigenvalue weighted by atomic mass is 10.2. The second-order valence-corrected chi connectivity index (χ2v) is 3.49. The van der Waals surface area contributed by atoms with Crippen molar-refractivity contribution >= 4 is 11.8 Å². The molecule has 0 atom stereocenters. The highest BCUT2D eigenvalue weighted by Gasteiger charge is 2.08. The van der Waals surface area contributed by atoms with Gasteiger partial charge in [-0.2, -0.15) is 0 Å². The van der Waals surface area contributed by atoms with Gasteiger partial charge in [-0.05, 0) is 24.6 Å². The van der Waals surface area contributed by atoms with E-state index in [1.165, 1.54) is 17.0 Å². The number of amides is 1. The van der Waals surface area contributed by atoms with Gasteiger partial charge in [-0.15, -0.1) is 0 Å². The molecule has 0 aliphatic heterocycles. The maximum absolute atomic E-state index is 11.3. The molecule has 1 amide bonds. The second kappa shape index (κ2) is 5.83. The van der Waals surface area contributed by atoms with E-state index >= 15 is 0 Å². The fraction of sp³-hybridized carbons (Fsp3) is 0.364. The van der Waals surface area contributed by atoms with Gasteiger partial charge in [0.1, 0.15) is 6.61 Å². The molecule has 0 radical (unpaired) electrons. The average Bonchev–Trinajstić information content (AvgIpc) is 2.35. The first-order chi connectivity index (χ1) is 8.04. The fourth-order valence-corrected chi connectivity index (χ4v) is 1.10. The Bertz CT molecular complexity index is 402. The molecular formula is C11H14N2O4. The van der Waals surface area contributed by atoms with Crippen molar-refractivity contribution in [1.29, 1.82) is 0 Å². The Hall–Kier alpha value is -2.11. The zero-order valence-corrected chi connectivity index (χ0v) is 9.75. The summed E-state index contributed by atoms with van der Waals surface area (Å²) in [6.45, 7) is 2.52. The number of carbonyl (C=O) groups is 1. The molecule has 0 aliphatic carbocycles. The Labute approximate surface area is 98.9 Å². The molecule has 0 bridgehead atoms. The number of nitro groups is 1. The topological polar surface area (TPSA) is 72.7 Å². The summed E-state index contributed by atoms with van der Waals surface area (Å²) >= 11 is 0. The highest BCUT2D eigenvalue weighted by atomic mass is 16.6. The molecule has 0 fully saturated rings. The van der Waals surface area contributed by atoms with Crippen LogP contribution < -0.4 is 0 Å². The van der Waals surface area contributed by atoms with Crippen molar-refractivity contribution in [3.63, 3.8) is 0 Å². The molecule has 0 aromatic heterocycles. The predicted molar refractivity (Wildman–Crippen MR) is 61.6 cm³/mol. The molecule has 0 saturated heterocycles. The van der Waals surface area contributed by atoms with Gasteiger partial charge in [0.15, 0.2) is 0 Å². The Kier molecular flexibility index (Phi) is 4.45. The zero-order valence-electron chi connectivity index (χ0n) is 9.75. The van der Waals surface area contributed by atoms with Gasteiger partial charge < -0.3 is 9.64 Å². The first-order valence-corrected chi connectivity index (χ1v) is 5.15. The number of benzene rings is 1. The Morgan fingerprint density at radius 2 is 2.00 bits per heavy atom. The van der Waals surface area contributed by atoms with Crippen molar-refractivity contribution in [2.45, 2.75) is 13.5 Å². The molecule has 6 nitrogen and oxygen atoms in total. The van der Waals surface area contributed by atoms with Crippen LogP contribution in [0.2, 0.25) is 0 Å². The van der Waals surface area contributed by atoms with Crippen LogP contribution in [0.4, 0.5) is 10.5 Å². The maximum Gasteiger partial charge on any atom is 0.409 e. The summed E-state index contributed by atoms with van der Waals surface area (Å²) in [5, 5.41) is 10.4. The molecular weight excluding hydrogens is 224 g/mol. The van der Waals surface area contributed by atoms with Crippen molar-refractivity contribution < 1.29 is 14.5 Å². The molecule has 6 heteroatoms. The van der Waals surface area contributed by atoms with E-state index in [9.17, 15) is 14.9 Å². The maximum atomic E-state index is 11.3. The average molecular weight is 238 g/mol. The van der Waals surface area contributed by atoms with Crippen LogP contribution in [0.5, 0.6) is 0 Å². The zero-order chi connectivity index (χ0) is 12.8. The molecule has 1 rings (SSSR count). The van der Waals surface area contributed by atoms with Crippen LogP contribution in [0.25, 0.3) is 0 Å². The summed E-state index contributed by atoms with van der Waals surface area (Å²) in [5.41, 5.74) is 0.735. The molecule has 0 spiro atoms. The van der Waals surface area contributed by atoms with Crippen molar-refractivity contribution in [2.75, 3.05) is 13.6 Å². The van der Waals surface area contributed by atoms with Gasteiger partial charge in [0.05, 0.1) is 4.92 Å². The van der Waals surface area contributed by atoms with Crippen LogP contribution in [-0.4, -0.2) is 29.5 Å². The van der Waals surface area contributed by atoms with Crippen molar-refractivity contribution in [3.05, 3.63) is 39.9 Å². The number of carbonyl (C=O) groups excluding carboxylic acids is 1. The smallest absolute Gasteiger partial charge is 0.409 e. The normalized spacial score (nSPS) is 9.76. The molecule has 17 heavy (non-hydrogen) atoms. The van der Waals surface area contributed by atoms with Gasteiger partial charge in [0.2, 0.25) is 0 Å². The van der Waals surface area contributed by atoms with Crippen LogP contribution in [0.3, 0.4) is 0 Å². The van der Waals surface area contributed by atoms with Crippen LogP contribution >= 0.6 is 0 Å². The van der Waals surface area contributed by atoms with E-state index in [-0.39, 0.29) is 12.3 Å². The first-order valence-electron chi connectivity index (χ1n) is 5.15. The van der Waals surface area contributed by atoms with E-state index in [2.05, 4.69) is 0 Å². The van der Waals surface area contributed by atoms with Crippen molar-refractivity contribution in [3.8, 4) is 0 Å². The third-order valence-electron chi connectivity index (χ3n) is 2.30. The number of ether oxygens (including phenoxy) is 1. The molecule has 0 aliphatic rings. The monoisotopic (exact) mass is 238 g/mol. The van der Waals surface area contributed by atoms with Gasteiger partial charge in [-0.25, -0.2) is 4.79 Å². The van der Waals surface area contributed by atoms with E-state index < -0.39 is 11.0 Å². The number of nitrogens with zero attached hydrogens (tertiary/aromatic N) is 2. The summed E-state index contributed by atoms with van der Waals surface area (Å²) in [7, 11) is 1.64. The van der Waals surface area contributed by atoms with E-state index in [1.54, 1.807) is 19.2 Å². The molecule has 0 N–H and O–H groups in total. The summed E-state index contributed by atoms with van der Waals surface area (Å²) in [5.74, 6) is 0. The lowest BCUT2D eigenvalue weighted by molar-refractivity contribution is -0.384. The van der Waals surface area contributed by atoms with E-state index in [0.29, 0.717) is 12.1 Å². The number of rotatable bonds is 4. The number of non-ortho nitro benzene ring substituents is 1. The third kappa shape index (κ3) is 3.75. The fourth-order valence-electron chi connectivity index (χ4n) is 1.10. The van der Waals surface area contributed by atoms with Gasteiger partial charge in [-0.3, -0.25) is 10.1 Å². The minimum Gasteiger partial charge on any atom is -0.445 e. The van der Waals surface area contributed by atoms with E-state index in [1.807, 2.05) is 6.92 Å². The number of nitro benzene ring substituents is 1. The van der Waals surface area contributed by atoms with Crippen molar-refractivity contribution in [1.82, 2.24) is 4.90 Å². The highest BCUT2D eigenvalue weighted by molar-refractivity contribution is 5.67. The lowest BCUT2D eigenvalue weighted by Crippen LogP contribution is -2.26. The third-order valence-corrected chi connectivity index (χ3v) is 2.30. The van der Waals surface area contributed by atoms with Crippen LogP contribution in [-0.2, 0) is 11.3 Å². The Balaban J connectivity index is 2.53. The highest BCUT2D eigenvalue weighted by Crippen LogP contribution is 2.12. The van der Waals surface area contributed by atoms with Gasteiger partial charge >= 0.3 is 6.09 Å². The van der Waals surface area contributed by atoms with E-state index in [4.69, 9.17) is 4.74 Å². The summed E-state index contributed by atoms with van der Waals surface area (Å²) in [6.07, 6.45) is -0.411. The summed E-state index contributed by atoms with van der Waals surface area (Å²) < 4.78 is 5.00. The van der Waals surface area contributed by atoms with Gasteiger partial charge in [0, 0.05) is 25.7 Å². The van der Waals surface area contributed by atoms with Crippen LogP contribution in [0.15, 0.2) is 24.3 Å². The minimum atomic E-state index is -0.472. The molecule has 1 aromatic carbocycles. The van der Waals surface area contributed by atoms with Gasteiger partial charge in [-0.1, -0.05) is 0 Å². The Morgan fingerprint density at radius 1 is 1.41 bits per heavy atom. The minimum absolute atomic E-state index is 0.0192. The SMILES string of the molecule is CCN(C)C(=O)OCc1ccc([N+](=O)[O-])cc1. The van der Waals surface area contributed by atoms with Crippen LogP contribution in [0.1, 0.15) is 12.5 Å². The largest absolute Gasteiger partial charge is 0.445 e. The van der Waals surface area contributed by atoms with Crippen molar-refractivity contribution in [2.24, 2.45) is 0 Å². The molecule has 92 valence electrons. The van der Waals surface area contributed by atoms with Gasteiger partial charge in [0.25, 0.3) is 5.69 Å². The standard InChI is InChI=1S/C11H14N2O4/c1-3-12(2)11(14)17-8-9-4-6-10(7-5-9)13(15)16/h4-7H,3,8H2,1-2H3. The lowest BCUT2D eigenvalue weighted by Gasteiger charge is -2.14. The second-order valence-electron chi connectivity index (χ2n) is 3.49. The number of hydrogen-bond acceptors (Lipinski definition) is 4.